The minimum absolute atomic E-state index is 0.226. The Bertz CT molecular complexity index is 1250. The summed E-state index contributed by atoms with van der Waals surface area (Å²) in [6.45, 7) is 0.900. The predicted molar refractivity (Wildman–Crippen MR) is 114 cm³/mol. The maximum Gasteiger partial charge on any atom is 0.332 e. The normalized spacial score (nSPS) is 11.1. The van der Waals surface area contributed by atoms with Gasteiger partial charge in [-0.25, -0.2) is 4.79 Å². The van der Waals surface area contributed by atoms with Gasteiger partial charge in [-0.1, -0.05) is 60.7 Å². The van der Waals surface area contributed by atoms with Crippen molar-refractivity contribution >= 4 is 17.1 Å². The van der Waals surface area contributed by atoms with Crippen LogP contribution in [-0.4, -0.2) is 25.2 Å². The van der Waals surface area contributed by atoms with Gasteiger partial charge in [-0.2, -0.15) is 4.98 Å². The summed E-state index contributed by atoms with van der Waals surface area (Å²) in [5, 5.41) is 3.28. The standard InChI is InChI=1S/C22H23N5O2/c1-25-18-19(24-21(25)23-14-13-16-9-5-3-6-10-16)26(2)22(29)27(20(18)28)15-17-11-7-4-8-12-17/h3-12H,13-15H2,1-2H3,(H,23,24). The molecule has 0 unspecified atom stereocenters. The number of hydrogen-bond acceptors (Lipinski definition) is 4. The van der Waals surface area contributed by atoms with E-state index in [0.29, 0.717) is 23.7 Å². The largest absolute Gasteiger partial charge is 0.355 e. The number of hydrogen-bond donors (Lipinski definition) is 1. The second kappa shape index (κ2) is 7.79. The van der Waals surface area contributed by atoms with Crippen molar-refractivity contribution < 1.29 is 0 Å². The minimum Gasteiger partial charge on any atom is -0.355 e. The first kappa shape index (κ1) is 18.7. The lowest BCUT2D eigenvalue weighted by atomic mass is 10.1. The van der Waals surface area contributed by atoms with Crippen LogP contribution in [0, 0.1) is 0 Å². The number of anilines is 1. The summed E-state index contributed by atoms with van der Waals surface area (Å²) >= 11 is 0. The van der Waals surface area contributed by atoms with Crippen molar-refractivity contribution in [2.75, 3.05) is 11.9 Å². The van der Waals surface area contributed by atoms with E-state index in [1.165, 1.54) is 14.7 Å². The van der Waals surface area contributed by atoms with Gasteiger partial charge in [0.1, 0.15) is 0 Å². The smallest absolute Gasteiger partial charge is 0.332 e. The molecule has 7 nitrogen and oxygen atoms in total. The van der Waals surface area contributed by atoms with E-state index in [-0.39, 0.29) is 17.8 Å². The van der Waals surface area contributed by atoms with Crippen LogP contribution >= 0.6 is 0 Å². The fourth-order valence-corrected chi connectivity index (χ4v) is 3.47. The number of rotatable bonds is 6. The lowest BCUT2D eigenvalue weighted by molar-refractivity contribution is 0.655. The third-order valence-corrected chi connectivity index (χ3v) is 5.08. The number of aromatic nitrogens is 4. The maximum atomic E-state index is 13.1. The van der Waals surface area contributed by atoms with Crippen molar-refractivity contribution in [3.63, 3.8) is 0 Å². The second-order valence-corrected chi connectivity index (χ2v) is 7.05. The van der Waals surface area contributed by atoms with Gasteiger partial charge in [-0.05, 0) is 17.5 Å². The Morgan fingerprint density at radius 3 is 2.14 bits per heavy atom. The topological polar surface area (TPSA) is 73.8 Å². The molecule has 2 aromatic heterocycles. The van der Waals surface area contributed by atoms with Crippen molar-refractivity contribution in [1.82, 2.24) is 18.7 Å². The van der Waals surface area contributed by atoms with Crippen LogP contribution in [0.4, 0.5) is 5.95 Å². The zero-order valence-corrected chi connectivity index (χ0v) is 16.5. The van der Waals surface area contributed by atoms with E-state index in [2.05, 4.69) is 22.4 Å². The van der Waals surface area contributed by atoms with Crippen LogP contribution in [0.1, 0.15) is 11.1 Å². The number of nitrogens with zero attached hydrogens (tertiary/aromatic N) is 4. The highest BCUT2D eigenvalue weighted by atomic mass is 16.2. The van der Waals surface area contributed by atoms with Crippen LogP contribution in [0.25, 0.3) is 11.2 Å². The molecule has 0 radical (unpaired) electrons. The Balaban J connectivity index is 1.68. The summed E-state index contributed by atoms with van der Waals surface area (Å²) in [4.78, 5) is 30.4. The summed E-state index contributed by atoms with van der Waals surface area (Å²) in [7, 11) is 3.44. The highest BCUT2D eigenvalue weighted by molar-refractivity contribution is 5.74. The SMILES string of the molecule is Cn1c(NCCc2ccccc2)nc2c1c(=O)n(Cc1ccccc1)c(=O)n2C. The number of fused-ring (bicyclic) bond motifs is 1. The molecule has 0 fully saturated rings. The molecule has 0 aliphatic rings. The van der Waals surface area contributed by atoms with Crippen molar-refractivity contribution in [2.24, 2.45) is 14.1 Å². The molecular formula is C22H23N5O2. The number of benzene rings is 2. The molecule has 2 aromatic carbocycles. The van der Waals surface area contributed by atoms with Crippen LogP contribution in [0.15, 0.2) is 70.3 Å². The summed E-state index contributed by atoms with van der Waals surface area (Å²) in [5.74, 6) is 0.570. The van der Waals surface area contributed by atoms with E-state index in [9.17, 15) is 9.59 Å². The average Bonchev–Trinajstić information content (AvgIpc) is 3.08. The van der Waals surface area contributed by atoms with E-state index >= 15 is 0 Å². The van der Waals surface area contributed by atoms with E-state index in [1.807, 2.05) is 48.5 Å². The van der Waals surface area contributed by atoms with Gasteiger partial charge in [0.2, 0.25) is 5.95 Å². The van der Waals surface area contributed by atoms with Crippen molar-refractivity contribution in [2.45, 2.75) is 13.0 Å². The number of aryl methyl sites for hydroxylation is 2. The van der Waals surface area contributed by atoms with E-state index in [0.717, 1.165) is 12.0 Å². The maximum absolute atomic E-state index is 13.1. The van der Waals surface area contributed by atoms with Gasteiger partial charge < -0.3 is 9.88 Å². The quantitative estimate of drug-likeness (QED) is 0.548. The van der Waals surface area contributed by atoms with Crippen molar-refractivity contribution in [3.05, 3.63) is 92.6 Å². The highest BCUT2D eigenvalue weighted by Crippen LogP contribution is 2.14. The fourth-order valence-electron chi connectivity index (χ4n) is 3.47. The van der Waals surface area contributed by atoms with Crippen molar-refractivity contribution in [3.8, 4) is 0 Å². The lowest BCUT2D eigenvalue weighted by Gasteiger charge is -2.09. The third kappa shape index (κ3) is 3.59. The van der Waals surface area contributed by atoms with E-state index in [1.54, 1.807) is 18.7 Å². The molecular weight excluding hydrogens is 366 g/mol. The van der Waals surface area contributed by atoms with Gasteiger partial charge in [-0.15, -0.1) is 0 Å². The molecule has 0 aliphatic carbocycles. The van der Waals surface area contributed by atoms with E-state index in [4.69, 9.17) is 0 Å². The van der Waals surface area contributed by atoms with Gasteiger partial charge >= 0.3 is 5.69 Å². The third-order valence-electron chi connectivity index (χ3n) is 5.08. The highest BCUT2D eigenvalue weighted by Gasteiger charge is 2.18. The van der Waals surface area contributed by atoms with E-state index < -0.39 is 0 Å². The summed E-state index contributed by atoms with van der Waals surface area (Å²) in [6, 6.07) is 19.6. The summed E-state index contributed by atoms with van der Waals surface area (Å²) in [6.07, 6.45) is 0.835. The monoisotopic (exact) mass is 389 g/mol. The van der Waals surface area contributed by atoms with Gasteiger partial charge in [0.05, 0.1) is 6.54 Å². The first-order valence-electron chi connectivity index (χ1n) is 9.54. The molecule has 29 heavy (non-hydrogen) atoms. The summed E-state index contributed by atoms with van der Waals surface area (Å²) in [5.41, 5.74) is 2.20. The molecule has 148 valence electrons. The molecule has 4 aromatic rings. The molecule has 2 heterocycles. The predicted octanol–water partition coefficient (Wildman–Crippen LogP) is 2.14. The first-order valence-corrected chi connectivity index (χ1v) is 9.54. The Hall–Kier alpha value is -3.61. The fraction of sp³-hybridized carbons (Fsp3) is 0.227. The zero-order valence-electron chi connectivity index (χ0n) is 16.5. The Kier molecular flexibility index (Phi) is 5.03. The molecule has 4 rings (SSSR count). The van der Waals surface area contributed by atoms with Gasteiger partial charge in [0.25, 0.3) is 5.56 Å². The lowest BCUT2D eigenvalue weighted by Crippen LogP contribution is -2.39. The number of imidazole rings is 1. The van der Waals surface area contributed by atoms with Crippen LogP contribution in [0.3, 0.4) is 0 Å². The van der Waals surface area contributed by atoms with Crippen LogP contribution < -0.4 is 16.6 Å². The minimum atomic E-state index is -0.375. The average molecular weight is 389 g/mol. The number of nitrogens with one attached hydrogen (secondary N) is 1. The molecule has 0 amide bonds. The zero-order chi connectivity index (χ0) is 20.4. The second-order valence-electron chi connectivity index (χ2n) is 7.05. The van der Waals surface area contributed by atoms with Crippen molar-refractivity contribution in [1.29, 1.82) is 0 Å². The van der Waals surface area contributed by atoms with Gasteiger partial charge in [0.15, 0.2) is 11.2 Å². The van der Waals surface area contributed by atoms with Gasteiger partial charge in [0, 0.05) is 20.6 Å². The molecule has 0 spiro atoms. The molecule has 0 saturated heterocycles. The van der Waals surface area contributed by atoms with Gasteiger partial charge in [-0.3, -0.25) is 13.9 Å². The molecule has 0 bridgehead atoms. The van der Waals surface area contributed by atoms with Crippen LogP contribution in [0.2, 0.25) is 0 Å². The Morgan fingerprint density at radius 2 is 1.48 bits per heavy atom. The van der Waals surface area contributed by atoms with Crippen LogP contribution in [0.5, 0.6) is 0 Å². The van der Waals surface area contributed by atoms with Crippen LogP contribution in [-0.2, 0) is 27.1 Å². The molecule has 7 heteroatoms. The Labute approximate surface area is 167 Å². The molecule has 0 atom stereocenters. The first-order chi connectivity index (χ1) is 14.1. The molecule has 0 saturated carbocycles. The molecule has 1 N–H and O–H groups in total. The molecule has 0 aliphatic heterocycles. The Morgan fingerprint density at radius 1 is 0.862 bits per heavy atom. The summed E-state index contributed by atoms with van der Waals surface area (Å²) < 4.78 is 4.42.